The third-order valence-corrected chi connectivity index (χ3v) is 3.70. The predicted molar refractivity (Wildman–Crippen MR) is 84.8 cm³/mol. The number of aliphatic carboxylic acids is 1. The molecule has 1 atom stereocenters. The zero-order chi connectivity index (χ0) is 16.1. The smallest absolute Gasteiger partial charge is 0.311 e. The van der Waals surface area contributed by atoms with E-state index in [-0.39, 0.29) is 0 Å². The monoisotopic (exact) mass is 300 g/mol. The van der Waals surface area contributed by atoms with Crippen LogP contribution in [0.3, 0.4) is 0 Å². The van der Waals surface area contributed by atoms with Gasteiger partial charge in [0, 0.05) is 6.07 Å². The molecule has 0 aliphatic carbocycles. The Hall–Kier alpha value is -2.49. The normalized spacial score (nSPS) is 11.8. The first-order valence-corrected chi connectivity index (χ1v) is 7.05. The molecule has 2 rings (SSSR count). The van der Waals surface area contributed by atoms with Gasteiger partial charge in [0.15, 0.2) is 0 Å². The molecular formula is C18H20O4. The van der Waals surface area contributed by atoms with Gasteiger partial charge in [0.1, 0.15) is 11.5 Å². The lowest BCUT2D eigenvalue weighted by Gasteiger charge is -2.16. The molecule has 0 amide bonds. The Kier molecular flexibility index (Phi) is 5.04. The number of rotatable bonds is 6. The van der Waals surface area contributed by atoms with Crippen LogP contribution in [0, 0.1) is 6.92 Å². The number of carboxylic acids is 1. The fourth-order valence-electron chi connectivity index (χ4n) is 2.39. The average Bonchev–Trinajstić information content (AvgIpc) is 2.53. The van der Waals surface area contributed by atoms with E-state index in [0.717, 1.165) is 16.7 Å². The zero-order valence-electron chi connectivity index (χ0n) is 13.0. The first kappa shape index (κ1) is 15.9. The van der Waals surface area contributed by atoms with E-state index in [9.17, 15) is 9.90 Å². The van der Waals surface area contributed by atoms with E-state index in [1.54, 1.807) is 20.3 Å². The highest BCUT2D eigenvalue weighted by atomic mass is 16.5. The summed E-state index contributed by atoms with van der Waals surface area (Å²) in [5.41, 5.74) is 2.74. The summed E-state index contributed by atoms with van der Waals surface area (Å²) in [4.78, 5) is 11.6. The van der Waals surface area contributed by atoms with Gasteiger partial charge in [-0.3, -0.25) is 4.79 Å². The van der Waals surface area contributed by atoms with Gasteiger partial charge in [0.2, 0.25) is 0 Å². The van der Waals surface area contributed by atoms with E-state index in [1.807, 2.05) is 43.3 Å². The van der Waals surface area contributed by atoms with Crippen molar-refractivity contribution in [2.24, 2.45) is 0 Å². The van der Waals surface area contributed by atoms with Crippen molar-refractivity contribution in [3.05, 3.63) is 59.2 Å². The molecule has 0 heterocycles. The number of carboxylic acid groups (broad SMARTS) is 1. The minimum Gasteiger partial charge on any atom is -0.497 e. The summed E-state index contributed by atoms with van der Waals surface area (Å²) in [5.74, 6) is -0.134. The number of hydrogen-bond acceptors (Lipinski definition) is 3. The van der Waals surface area contributed by atoms with Crippen molar-refractivity contribution >= 4 is 5.97 Å². The lowest BCUT2D eigenvalue weighted by Crippen LogP contribution is -2.15. The minimum absolute atomic E-state index is 0.367. The summed E-state index contributed by atoms with van der Waals surface area (Å²) in [7, 11) is 3.15. The Morgan fingerprint density at radius 1 is 1.09 bits per heavy atom. The Balaban J connectivity index is 2.32. The quantitative estimate of drug-likeness (QED) is 0.888. The summed E-state index contributed by atoms with van der Waals surface area (Å²) in [5, 5.41) is 9.56. The molecule has 0 aliphatic heterocycles. The average molecular weight is 300 g/mol. The number of ether oxygens (including phenoxy) is 2. The first-order valence-electron chi connectivity index (χ1n) is 7.05. The van der Waals surface area contributed by atoms with E-state index in [2.05, 4.69) is 0 Å². The minimum atomic E-state index is -0.846. The molecule has 0 saturated carbocycles. The second-order valence-corrected chi connectivity index (χ2v) is 5.18. The van der Waals surface area contributed by atoms with Crippen molar-refractivity contribution in [1.29, 1.82) is 0 Å². The third kappa shape index (κ3) is 3.58. The maximum Gasteiger partial charge on any atom is 0.311 e. The lowest BCUT2D eigenvalue weighted by molar-refractivity contribution is -0.138. The molecule has 0 bridgehead atoms. The predicted octanol–water partition coefficient (Wildman–Crippen LogP) is 3.42. The number of carbonyl (C=O) groups is 1. The molecule has 0 spiro atoms. The molecule has 1 N–H and O–H groups in total. The van der Waals surface area contributed by atoms with E-state index in [4.69, 9.17) is 9.47 Å². The third-order valence-electron chi connectivity index (χ3n) is 3.70. The number of benzene rings is 2. The molecule has 4 heteroatoms. The highest BCUT2D eigenvalue weighted by Crippen LogP contribution is 2.30. The van der Waals surface area contributed by atoms with Gasteiger partial charge in [-0.05, 0) is 30.5 Å². The number of hydrogen-bond donors (Lipinski definition) is 1. The van der Waals surface area contributed by atoms with Crippen LogP contribution in [0.5, 0.6) is 11.5 Å². The maximum atomic E-state index is 11.6. The van der Waals surface area contributed by atoms with Crippen LogP contribution in [0.25, 0.3) is 0 Å². The topological polar surface area (TPSA) is 55.8 Å². The summed E-state index contributed by atoms with van der Waals surface area (Å²) in [6, 6.07) is 13.0. The Labute approximate surface area is 130 Å². The number of methoxy groups -OCH3 is 2. The van der Waals surface area contributed by atoms with Crippen molar-refractivity contribution in [2.45, 2.75) is 19.3 Å². The molecule has 116 valence electrons. The second kappa shape index (κ2) is 6.98. The lowest BCUT2D eigenvalue weighted by atomic mass is 9.91. The van der Waals surface area contributed by atoms with Crippen molar-refractivity contribution in [3.63, 3.8) is 0 Å². The molecule has 0 saturated heterocycles. The van der Waals surface area contributed by atoms with Gasteiger partial charge in [-0.1, -0.05) is 35.9 Å². The molecule has 2 aromatic rings. The van der Waals surface area contributed by atoms with Gasteiger partial charge in [0.25, 0.3) is 0 Å². The Bertz CT molecular complexity index is 647. The fraction of sp³-hybridized carbons (Fsp3) is 0.278. The van der Waals surface area contributed by atoms with Crippen LogP contribution in [0.1, 0.15) is 22.6 Å². The van der Waals surface area contributed by atoms with Crippen LogP contribution in [-0.4, -0.2) is 25.3 Å². The van der Waals surface area contributed by atoms with Gasteiger partial charge in [-0.25, -0.2) is 0 Å². The van der Waals surface area contributed by atoms with Crippen molar-refractivity contribution in [3.8, 4) is 11.5 Å². The van der Waals surface area contributed by atoms with E-state index in [1.165, 1.54) is 0 Å². The van der Waals surface area contributed by atoms with Crippen LogP contribution >= 0.6 is 0 Å². The highest BCUT2D eigenvalue weighted by molar-refractivity contribution is 5.76. The van der Waals surface area contributed by atoms with Crippen LogP contribution in [-0.2, 0) is 11.2 Å². The van der Waals surface area contributed by atoms with Crippen LogP contribution < -0.4 is 9.47 Å². The Morgan fingerprint density at radius 3 is 2.32 bits per heavy atom. The molecule has 1 unspecified atom stereocenters. The first-order chi connectivity index (χ1) is 10.5. The van der Waals surface area contributed by atoms with Gasteiger partial charge in [-0.2, -0.15) is 0 Å². The summed E-state index contributed by atoms with van der Waals surface area (Å²) in [6.45, 7) is 1.98. The number of aryl methyl sites for hydroxylation is 1. The van der Waals surface area contributed by atoms with Crippen LogP contribution in [0.2, 0.25) is 0 Å². The molecule has 0 fully saturated rings. The van der Waals surface area contributed by atoms with Crippen molar-refractivity contribution in [2.75, 3.05) is 14.2 Å². The molecule has 2 aromatic carbocycles. The largest absolute Gasteiger partial charge is 0.497 e. The Morgan fingerprint density at radius 2 is 1.77 bits per heavy atom. The molecule has 4 nitrogen and oxygen atoms in total. The highest BCUT2D eigenvalue weighted by Gasteiger charge is 2.22. The molecule has 22 heavy (non-hydrogen) atoms. The molecule has 0 aliphatic rings. The van der Waals surface area contributed by atoms with Gasteiger partial charge >= 0.3 is 5.97 Å². The SMILES string of the molecule is COc1ccc(CC(C(=O)O)c2ccc(C)cc2)c(OC)c1. The fourth-order valence-corrected chi connectivity index (χ4v) is 2.39. The van der Waals surface area contributed by atoms with Crippen molar-refractivity contribution < 1.29 is 19.4 Å². The molecule has 0 aromatic heterocycles. The summed E-state index contributed by atoms with van der Waals surface area (Å²) < 4.78 is 10.5. The van der Waals surface area contributed by atoms with Crippen LogP contribution in [0.4, 0.5) is 0 Å². The molecule has 0 radical (unpaired) electrons. The zero-order valence-corrected chi connectivity index (χ0v) is 13.0. The van der Waals surface area contributed by atoms with E-state index in [0.29, 0.717) is 17.9 Å². The van der Waals surface area contributed by atoms with Gasteiger partial charge in [-0.15, -0.1) is 0 Å². The maximum absolute atomic E-state index is 11.6. The standard InChI is InChI=1S/C18H20O4/c1-12-4-6-13(7-5-12)16(18(19)20)10-14-8-9-15(21-2)11-17(14)22-3/h4-9,11,16H,10H2,1-3H3,(H,19,20). The van der Waals surface area contributed by atoms with E-state index >= 15 is 0 Å². The van der Waals surface area contributed by atoms with Gasteiger partial charge in [0.05, 0.1) is 20.1 Å². The van der Waals surface area contributed by atoms with Crippen LogP contribution in [0.15, 0.2) is 42.5 Å². The summed E-state index contributed by atoms with van der Waals surface area (Å²) in [6.07, 6.45) is 0.367. The second-order valence-electron chi connectivity index (χ2n) is 5.18. The molecular weight excluding hydrogens is 280 g/mol. The summed E-state index contributed by atoms with van der Waals surface area (Å²) >= 11 is 0. The van der Waals surface area contributed by atoms with Gasteiger partial charge < -0.3 is 14.6 Å². The van der Waals surface area contributed by atoms with E-state index < -0.39 is 11.9 Å². The van der Waals surface area contributed by atoms with Crippen molar-refractivity contribution in [1.82, 2.24) is 0 Å².